The second-order valence-electron chi connectivity index (χ2n) is 7.01. The Balaban J connectivity index is 1.94. The number of rotatable bonds is 8. The lowest BCUT2D eigenvalue weighted by molar-refractivity contribution is 0.947. The molecule has 0 unspecified atom stereocenters. The lowest BCUT2D eigenvalue weighted by atomic mass is 10.1. The van der Waals surface area contributed by atoms with Crippen molar-refractivity contribution in [1.82, 2.24) is 0 Å². The highest BCUT2D eigenvalue weighted by Crippen LogP contribution is 2.23. The van der Waals surface area contributed by atoms with Gasteiger partial charge in [0.1, 0.15) is 0 Å². The molecule has 150 valence electrons. The third-order valence-electron chi connectivity index (χ3n) is 4.68. The molecule has 0 bridgehead atoms. The predicted molar refractivity (Wildman–Crippen MR) is 129 cm³/mol. The van der Waals surface area contributed by atoms with Gasteiger partial charge < -0.3 is 4.90 Å². The fourth-order valence-corrected chi connectivity index (χ4v) is 3.06. The molecule has 29 heavy (non-hydrogen) atoms. The van der Waals surface area contributed by atoms with Crippen molar-refractivity contribution < 1.29 is 0 Å². The molecule has 0 aliphatic heterocycles. The molecule has 0 aromatic heterocycles. The summed E-state index contributed by atoms with van der Waals surface area (Å²) >= 11 is 0. The van der Waals surface area contributed by atoms with Crippen LogP contribution in [0.2, 0.25) is 0 Å². The van der Waals surface area contributed by atoms with Crippen LogP contribution < -0.4 is 4.90 Å². The Labute approximate surface area is 176 Å². The normalized spacial score (nSPS) is 13.1. The van der Waals surface area contributed by atoms with Crippen LogP contribution in [-0.2, 0) is 0 Å². The molecule has 0 amide bonds. The molecule has 2 aromatic carbocycles. The first kappa shape index (κ1) is 22.2. The van der Waals surface area contributed by atoms with Gasteiger partial charge in [0.25, 0.3) is 0 Å². The van der Waals surface area contributed by atoms with E-state index in [-0.39, 0.29) is 0 Å². The molecule has 0 fully saturated rings. The number of benzene rings is 2. The molecule has 0 atom stereocenters. The predicted octanol–water partition coefficient (Wildman–Crippen LogP) is 7.49. The largest absolute Gasteiger partial charge is 0.345 e. The van der Waals surface area contributed by atoms with Crippen molar-refractivity contribution >= 4 is 17.1 Å². The van der Waals surface area contributed by atoms with Crippen LogP contribution in [0.15, 0.2) is 102 Å². The minimum Gasteiger partial charge on any atom is -0.345 e. The summed E-state index contributed by atoms with van der Waals surface area (Å²) in [6.45, 7) is 11.5. The molecule has 0 saturated carbocycles. The molecular weight excluding hydrogens is 352 g/mol. The van der Waals surface area contributed by atoms with E-state index in [4.69, 9.17) is 0 Å². The second-order valence-corrected chi connectivity index (χ2v) is 7.01. The third kappa shape index (κ3) is 7.08. The van der Waals surface area contributed by atoms with E-state index >= 15 is 0 Å². The maximum atomic E-state index is 4.64. The Morgan fingerprint density at radius 1 is 0.828 bits per heavy atom. The van der Waals surface area contributed by atoms with Crippen LogP contribution in [0.5, 0.6) is 0 Å². The van der Waals surface area contributed by atoms with Gasteiger partial charge in [-0.15, -0.1) is 0 Å². The first-order valence-corrected chi connectivity index (χ1v) is 10.1. The van der Waals surface area contributed by atoms with Crippen molar-refractivity contribution in [2.24, 2.45) is 4.99 Å². The third-order valence-corrected chi connectivity index (χ3v) is 4.68. The van der Waals surface area contributed by atoms with Crippen LogP contribution in [0.1, 0.15) is 31.9 Å². The fraction of sp³-hybridized carbons (Fsp3) is 0.222. The van der Waals surface area contributed by atoms with E-state index in [0.717, 1.165) is 17.9 Å². The monoisotopic (exact) mass is 384 g/mol. The van der Waals surface area contributed by atoms with E-state index in [2.05, 4.69) is 80.1 Å². The van der Waals surface area contributed by atoms with E-state index in [0.29, 0.717) is 0 Å². The van der Waals surface area contributed by atoms with Crippen LogP contribution in [0.3, 0.4) is 0 Å². The average molecular weight is 385 g/mol. The number of allylic oxidation sites excluding steroid dienone is 8. The van der Waals surface area contributed by atoms with Crippen LogP contribution >= 0.6 is 0 Å². The Morgan fingerprint density at radius 3 is 2.14 bits per heavy atom. The lowest BCUT2D eigenvalue weighted by Crippen LogP contribution is -2.20. The second kappa shape index (κ2) is 11.7. The zero-order chi connectivity index (χ0) is 21.1. The van der Waals surface area contributed by atoms with Crippen LogP contribution in [-0.4, -0.2) is 12.3 Å². The summed E-state index contributed by atoms with van der Waals surface area (Å²) in [5, 5.41) is 0. The minimum atomic E-state index is 0.944. The number of hydrogen-bond acceptors (Lipinski definition) is 2. The van der Waals surface area contributed by atoms with Gasteiger partial charge in [-0.05, 0) is 70.0 Å². The molecule has 0 aliphatic rings. The molecule has 0 N–H and O–H groups in total. The van der Waals surface area contributed by atoms with Crippen molar-refractivity contribution in [2.45, 2.75) is 34.6 Å². The topological polar surface area (TPSA) is 15.6 Å². The summed E-state index contributed by atoms with van der Waals surface area (Å²) in [7, 11) is 0. The summed E-state index contributed by atoms with van der Waals surface area (Å²) in [6.07, 6.45) is 14.4. The summed E-state index contributed by atoms with van der Waals surface area (Å²) in [6, 6.07) is 16.7. The zero-order valence-corrected chi connectivity index (χ0v) is 18.3. The number of aliphatic imine (C=N–C) groups is 1. The van der Waals surface area contributed by atoms with Crippen LogP contribution in [0, 0.1) is 13.8 Å². The maximum Gasteiger partial charge on any atom is 0.0661 e. The maximum absolute atomic E-state index is 4.64. The van der Waals surface area contributed by atoms with Crippen molar-refractivity contribution in [2.75, 3.05) is 11.4 Å². The Bertz CT molecular complexity index is 943. The van der Waals surface area contributed by atoms with E-state index in [9.17, 15) is 0 Å². The van der Waals surface area contributed by atoms with Gasteiger partial charge in [-0.3, -0.25) is 4.99 Å². The highest BCUT2D eigenvalue weighted by molar-refractivity contribution is 5.95. The Morgan fingerprint density at radius 2 is 1.45 bits per heavy atom. The first-order valence-electron chi connectivity index (χ1n) is 10.1. The molecule has 0 spiro atoms. The van der Waals surface area contributed by atoms with Gasteiger partial charge in [-0.1, -0.05) is 66.8 Å². The van der Waals surface area contributed by atoms with Crippen molar-refractivity contribution in [3.8, 4) is 0 Å². The minimum absolute atomic E-state index is 0.944. The van der Waals surface area contributed by atoms with Crippen LogP contribution in [0.4, 0.5) is 11.4 Å². The van der Waals surface area contributed by atoms with Gasteiger partial charge in [0.2, 0.25) is 0 Å². The quantitative estimate of drug-likeness (QED) is 0.340. The summed E-state index contributed by atoms with van der Waals surface area (Å²) < 4.78 is 0. The molecule has 2 rings (SSSR count). The van der Waals surface area contributed by atoms with E-state index in [1.54, 1.807) is 0 Å². The van der Waals surface area contributed by atoms with Crippen molar-refractivity contribution in [1.29, 1.82) is 0 Å². The van der Waals surface area contributed by atoms with Gasteiger partial charge in [0.05, 0.1) is 5.69 Å². The summed E-state index contributed by atoms with van der Waals surface area (Å²) in [4.78, 5) is 6.97. The van der Waals surface area contributed by atoms with E-state index in [1.165, 1.54) is 22.5 Å². The average Bonchev–Trinajstić information content (AvgIpc) is 2.71. The van der Waals surface area contributed by atoms with Crippen molar-refractivity contribution in [3.63, 3.8) is 0 Å². The molecule has 0 radical (unpaired) electrons. The fourth-order valence-electron chi connectivity index (χ4n) is 3.06. The number of hydrogen-bond donors (Lipinski definition) is 0. The van der Waals surface area contributed by atoms with Gasteiger partial charge in [0.15, 0.2) is 0 Å². The van der Waals surface area contributed by atoms with Gasteiger partial charge in [-0.2, -0.15) is 0 Å². The molecule has 2 aromatic rings. The van der Waals surface area contributed by atoms with Gasteiger partial charge >= 0.3 is 0 Å². The molecule has 2 nitrogen and oxygen atoms in total. The molecule has 0 heterocycles. The number of aryl methyl sites for hydroxylation is 2. The van der Waals surface area contributed by atoms with E-state index in [1.807, 2.05) is 55.5 Å². The molecule has 0 saturated heterocycles. The number of nitrogens with zero attached hydrogens (tertiary/aromatic N) is 2. The molecular formula is C27H32N2. The highest BCUT2D eigenvalue weighted by atomic mass is 15.1. The lowest BCUT2D eigenvalue weighted by Gasteiger charge is -2.25. The van der Waals surface area contributed by atoms with E-state index < -0.39 is 0 Å². The summed E-state index contributed by atoms with van der Waals surface area (Å²) in [5.74, 6) is 0. The van der Waals surface area contributed by atoms with Gasteiger partial charge in [-0.25, -0.2) is 0 Å². The molecule has 0 aliphatic carbocycles. The number of para-hydroxylation sites is 2. The zero-order valence-electron chi connectivity index (χ0n) is 18.3. The summed E-state index contributed by atoms with van der Waals surface area (Å²) in [5.41, 5.74) is 6.97. The Kier molecular flexibility index (Phi) is 8.91. The SMILES string of the molecule is CCN(/C(C)=C/C=C/C=C/C=C/C(C)=Nc1ccccc1C)c1ccccc1C. The number of anilines is 1. The van der Waals surface area contributed by atoms with Crippen molar-refractivity contribution in [3.05, 3.63) is 108 Å². The smallest absolute Gasteiger partial charge is 0.0661 e. The van der Waals surface area contributed by atoms with Gasteiger partial charge in [0, 0.05) is 23.6 Å². The molecule has 2 heteroatoms. The van der Waals surface area contributed by atoms with Crippen LogP contribution in [0.25, 0.3) is 0 Å². The first-order chi connectivity index (χ1) is 14.0. The highest BCUT2D eigenvalue weighted by Gasteiger charge is 2.07. The Hall–Kier alpha value is -3.13. The standard InChI is InChI=1S/C27H32N2/c1-6-29(27-21-15-13-17-23(27)3)25(5)19-11-9-7-8-10-18-24(4)28-26-20-14-12-16-22(26)2/h7-21H,6H2,1-5H3/b8-7+,11-9+,18-10+,25-19+,28-24?.